The second-order valence-corrected chi connectivity index (χ2v) is 12.3. The number of alkyl halides is 3. The summed E-state index contributed by atoms with van der Waals surface area (Å²) in [6, 6.07) is 19.8. The van der Waals surface area contributed by atoms with Crippen molar-refractivity contribution in [3.63, 3.8) is 0 Å². The molecule has 3 aromatic rings. The van der Waals surface area contributed by atoms with Crippen molar-refractivity contribution in [3.05, 3.63) is 100 Å². The molecule has 46 heavy (non-hydrogen) atoms. The van der Waals surface area contributed by atoms with E-state index in [0.717, 1.165) is 6.92 Å². The van der Waals surface area contributed by atoms with Gasteiger partial charge in [0.2, 0.25) is 11.8 Å². The molecule has 3 aromatic carbocycles. The minimum Gasteiger partial charge on any atom is -0.466 e. The molecule has 0 radical (unpaired) electrons. The van der Waals surface area contributed by atoms with E-state index in [9.17, 15) is 27.6 Å². The lowest BCUT2D eigenvalue weighted by Crippen LogP contribution is -2.36. The lowest BCUT2D eigenvalue weighted by molar-refractivity contribution is -0.178. The number of halogens is 4. The van der Waals surface area contributed by atoms with Crippen molar-refractivity contribution in [2.45, 2.75) is 64.8 Å². The second kappa shape index (κ2) is 14.4. The van der Waals surface area contributed by atoms with Gasteiger partial charge in [-0.05, 0) is 62.1 Å². The lowest BCUT2D eigenvalue weighted by Gasteiger charge is -2.27. The Kier molecular flexibility index (Phi) is 10.8. The summed E-state index contributed by atoms with van der Waals surface area (Å²) in [7, 11) is 0. The number of hydrogen-bond donors (Lipinski definition) is 1. The second-order valence-electron chi connectivity index (χ2n) is 11.9. The first kappa shape index (κ1) is 34.5. The molecule has 4 rings (SSSR count). The van der Waals surface area contributed by atoms with E-state index in [1.54, 1.807) is 57.2 Å². The molecular weight excluding hydrogens is 623 g/mol. The maximum absolute atomic E-state index is 14.0. The number of benzene rings is 3. The third-order valence-electron chi connectivity index (χ3n) is 7.18. The number of carbonyl (C=O) groups excluding carboxylic acids is 3. The summed E-state index contributed by atoms with van der Waals surface area (Å²) in [5.74, 6) is -5.07. The van der Waals surface area contributed by atoms with Crippen molar-refractivity contribution in [3.8, 4) is 0 Å². The van der Waals surface area contributed by atoms with E-state index in [0.29, 0.717) is 16.7 Å². The molecule has 1 aliphatic heterocycles. The number of hydrogen-bond acceptors (Lipinski definition) is 6. The zero-order valence-electron chi connectivity index (χ0n) is 25.9. The van der Waals surface area contributed by atoms with E-state index < -0.39 is 35.5 Å². The van der Waals surface area contributed by atoms with Gasteiger partial charge in [0.25, 0.3) is 5.91 Å². The number of anilines is 1. The van der Waals surface area contributed by atoms with Gasteiger partial charge in [0.15, 0.2) is 6.61 Å². The molecule has 0 spiro atoms. The van der Waals surface area contributed by atoms with Crippen molar-refractivity contribution >= 4 is 41.0 Å². The van der Waals surface area contributed by atoms with E-state index in [-0.39, 0.29) is 54.1 Å². The van der Waals surface area contributed by atoms with Crippen LogP contribution in [0.3, 0.4) is 0 Å². The van der Waals surface area contributed by atoms with E-state index in [1.807, 2.05) is 18.2 Å². The Labute approximate surface area is 270 Å². The predicted molar refractivity (Wildman–Crippen MR) is 168 cm³/mol. The zero-order chi connectivity index (χ0) is 33.6. The maximum Gasteiger partial charge on any atom is 0.392 e. The Morgan fingerprint density at radius 1 is 1.02 bits per heavy atom. The molecule has 0 aromatic heterocycles. The highest BCUT2D eigenvalue weighted by molar-refractivity contribution is 6.34. The Balaban J connectivity index is 1.52. The molecule has 2 amide bonds. The molecule has 244 valence electrons. The van der Waals surface area contributed by atoms with Crippen LogP contribution in [0.5, 0.6) is 0 Å². The zero-order valence-corrected chi connectivity index (χ0v) is 26.6. The standard InChI is InChI=1S/C34H35ClF3N3O5/c1-21(34(36,37)38)29(31(44)39-26-12-8-11-24(30(26)35)17-18-28(43)46-33(2,3)4)23-15-13-22(14-16-23)19-41-27(42)20-45-32(40-41)25-9-6-5-7-10-25/h5-16,21,29H,17-20H2,1-4H3,(H,39,44). The fourth-order valence-electron chi connectivity index (χ4n) is 4.81. The monoisotopic (exact) mass is 657 g/mol. The quantitative estimate of drug-likeness (QED) is 0.232. The first-order valence-corrected chi connectivity index (χ1v) is 15.0. The van der Waals surface area contributed by atoms with E-state index in [4.69, 9.17) is 21.1 Å². The summed E-state index contributed by atoms with van der Waals surface area (Å²) < 4.78 is 52.8. The Morgan fingerprint density at radius 3 is 2.33 bits per heavy atom. The molecule has 0 saturated heterocycles. The van der Waals surface area contributed by atoms with Gasteiger partial charge in [0.1, 0.15) is 5.60 Å². The number of carbonyl (C=O) groups is 3. The highest BCUT2D eigenvalue weighted by Crippen LogP contribution is 2.39. The van der Waals surface area contributed by atoms with Crippen LogP contribution in [0.25, 0.3) is 0 Å². The molecule has 1 N–H and O–H groups in total. The molecule has 1 aliphatic rings. The number of ether oxygens (including phenoxy) is 2. The predicted octanol–water partition coefficient (Wildman–Crippen LogP) is 7.26. The van der Waals surface area contributed by atoms with Crippen molar-refractivity contribution in [2.75, 3.05) is 11.9 Å². The van der Waals surface area contributed by atoms with Gasteiger partial charge in [-0.1, -0.05) is 73.1 Å². The number of rotatable bonds is 10. The van der Waals surface area contributed by atoms with Gasteiger partial charge in [-0.3, -0.25) is 14.4 Å². The summed E-state index contributed by atoms with van der Waals surface area (Å²) in [5.41, 5.74) is 1.42. The van der Waals surface area contributed by atoms with Crippen LogP contribution in [0.2, 0.25) is 5.02 Å². The Bertz CT molecular complexity index is 1590. The summed E-state index contributed by atoms with van der Waals surface area (Å²) in [5, 5.41) is 8.23. The highest BCUT2D eigenvalue weighted by atomic mass is 35.5. The maximum atomic E-state index is 14.0. The summed E-state index contributed by atoms with van der Waals surface area (Å²) in [4.78, 5) is 38.1. The molecule has 0 fully saturated rings. The van der Waals surface area contributed by atoms with E-state index in [2.05, 4.69) is 10.4 Å². The van der Waals surface area contributed by atoms with Gasteiger partial charge >= 0.3 is 12.1 Å². The molecule has 2 unspecified atom stereocenters. The third-order valence-corrected chi connectivity index (χ3v) is 7.62. The number of nitrogens with one attached hydrogen (secondary N) is 1. The fourth-order valence-corrected chi connectivity index (χ4v) is 5.08. The van der Waals surface area contributed by atoms with Gasteiger partial charge in [-0.15, -0.1) is 5.10 Å². The largest absolute Gasteiger partial charge is 0.466 e. The van der Waals surface area contributed by atoms with Crippen molar-refractivity contribution in [2.24, 2.45) is 11.0 Å². The van der Waals surface area contributed by atoms with Crippen LogP contribution in [0.1, 0.15) is 62.3 Å². The summed E-state index contributed by atoms with van der Waals surface area (Å²) in [6.07, 6.45) is -4.43. The third kappa shape index (κ3) is 9.09. The smallest absolute Gasteiger partial charge is 0.392 e. The SMILES string of the molecule is CC(C(C(=O)Nc1cccc(CCC(=O)OC(C)(C)C)c1Cl)c1ccc(CN2N=C(c3ccccc3)OCC2=O)cc1)C(F)(F)F. The number of hydrazone groups is 1. The van der Waals surface area contributed by atoms with Crippen molar-refractivity contribution < 1.29 is 37.0 Å². The molecule has 0 saturated carbocycles. The average molecular weight is 658 g/mol. The Morgan fingerprint density at radius 2 is 1.70 bits per heavy atom. The van der Waals surface area contributed by atoms with E-state index >= 15 is 0 Å². The number of amides is 2. The normalized spacial score (nSPS) is 15.0. The molecule has 12 heteroatoms. The van der Waals surface area contributed by atoms with Crippen LogP contribution in [0, 0.1) is 5.92 Å². The summed E-state index contributed by atoms with van der Waals surface area (Å²) in [6.45, 7) is 6.05. The van der Waals surface area contributed by atoms with Crippen molar-refractivity contribution in [1.29, 1.82) is 0 Å². The van der Waals surface area contributed by atoms with Gasteiger partial charge < -0.3 is 14.8 Å². The van der Waals surface area contributed by atoms with Crippen LogP contribution in [0.15, 0.2) is 77.9 Å². The van der Waals surface area contributed by atoms with Gasteiger partial charge in [0.05, 0.1) is 29.1 Å². The molecule has 0 aliphatic carbocycles. The van der Waals surface area contributed by atoms with Gasteiger partial charge in [-0.2, -0.15) is 13.2 Å². The van der Waals surface area contributed by atoms with E-state index in [1.165, 1.54) is 23.2 Å². The van der Waals surface area contributed by atoms with Crippen LogP contribution in [-0.2, 0) is 36.8 Å². The van der Waals surface area contributed by atoms with Crippen LogP contribution in [0.4, 0.5) is 18.9 Å². The fraction of sp³-hybridized carbons (Fsp3) is 0.353. The first-order valence-electron chi connectivity index (χ1n) is 14.6. The molecule has 8 nitrogen and oxygen atoms in total. The Hall–Kier alpha value is -4.38. The first-order chi connectivity index (χ1) is 21.6. The molecular formula is C34H35ClF3N3O5. The van der Waals surface area contributed by atoms with Crippen LogP contribution in [-0.4, -0.2) is 47.1 Å². The highest BCUT2D eigenvalue weighted by Gasteiger charge is 2.45. The minimum absolute atomic E-state index is 0.0312. The molecule has 2 atom stereocenters. The van der Waals surface area contributed by atoms with Crippen LogP contribution >= 0.6 is 11.6 Å². The minimum atomic E-state index is -4.68. The molecule has 1 heterocycles. The number of aryl methyl sites for hydroxylation is 1. The lowest BCUT2D eigenvalue weighted by atomic mass is 9.85. The number of nitrogens with zero attached hydrogens (tertiary/aromatic N) is 2. The summed E-state index contributed by atoms with van der Waals surface area (Å²) >= 11 is 6.52. The van der Waals surface area contributed by atoms with Crippen molar-refractivity contribution in [1.82, 2.24) is 5.01 Å². The molecule has 0 bridgehead atoms. The number of esters is 1. The van der Waals surface area contributed by atoms with Gasteiger partial charge in [0, 0.05) is 12.0 Å². The van der Waals surface area contributed by atoms with Gasteiger partial charge in [-0.25, -0.2) is 5.01 Å². The van der Waals surface area contributed by atoms with Crippen LogP contribution < -0.4 is 5.32 Å². The topological polar surface area (TPSA) is 97.3 Å². The average Bonchev–Trinajstić information content (AvgIpc) is 2.99.